The van der Waals surface area contributed by atoms with Crippen LogP contribution in [0.2, 0.25) is 0 Å². The summed E-state index contributed by atoms with van der Waals surface area (Å²) in [6.07, 6.45) is 0.865. The fraction of sp³-hybridized carbons (Fsp3) is 0.500. The van der Waals surface area contributed by atoms with Crippen LogP contribution in [0.4, 0.5) is 0 Å². The van der Waals surface area contributed by atoms with Crippen molar-refractivity contribution in [1.29, 1.82) is 0 Å². The Labute approximate surface area is 178 Å². The number of hydrogen-bond donors (Lipinski definition) is 0. The lowest BCUT2D eigenvalue weighted by atomic mass is 9.66. The lowest BCUT2D eigenvalue weighted by Gasteiger charge is -2.40. The van der Waals surface area contributed by atoms with Gasteiger partial charge in [-0.05, 0) is 54.0 Å². The number of rotatable bonds is 7. The van der Waals surface area contributed by atoms with Crippen molar-refractivity contribution in [3.05, 3.63) is 46.5 Å². The van der Waals surface area contributed by atoms with Crippen LogP contribution in [-0.2, 0) is 15.9 Å². The van der Waals surface area contributed by atoms with Crippen molar-refractivity contribution in [1.82, 2.24) is 0 Å². The molecule has 6 nitrogen and oxygen atoms in total. The van der Waals surface area contributed by atoms with Gasteiger partial charge in [0.05, 0.1) is 20.8 Å². The van der Waals surface area contributed by atoms with E-state index < -0.39 is 0 Å². The minimum Gasteiger partial charge on any atom is -0.496 e. The van der Waals surface area contributed by atoms with Crippen molar-refractivity contribution >= 4 is 0 Å². The maximum absolute atomic E-state index is 5.99. The van der Waals surface area contributed by atoms with E-state index in [9.17, 15) is 0 Å². The Bertz CT molecular complexity index is 909. The summed E-state index contributed by atoms with van der Waals surface area (Å²) in [5.41, 5.74) is 4.64. The third-order valence-electron chi connectivity index (χ3n) is 6.31. The summed E-state index contributed by atoms with van der Waals surface area (Å²) in [6.45, 7) is 3.53. The Morgan fingerprint density at radius 2 is 1.63 bits per heavy atom. The predicted octanol–water partition coefficient (Wildman–Crippen LogP) is 3.95. The van der Waals surface area contributed by atoms with Crippen molar-refractivity contribution in [3.63, 3.8) is 0 Å². The molecule has 2 aliphatic rings. The zero-order chi connectivity index (χ0) is 21.3. The molecule has 0 fully saturated rings. The van der Waals surface area contributed by atoms with Crippen LogP contribution in [0.1, 0.15) is 28.2 Å². The highest BCUT2D eigenvalue weighted by molar-refractivity contribution is 5.64. The van der Waals surface area contributed by atoms with Crippen LogP contribution in [0.5, 0.6) is 23.0 Å². The molecule has 1 aliphatic carbocycles. The second kappa shape index (κ2) is 8.74. The molecule has 0 bridgehead atoms. The van der Waals surface area contributed by atoms with Crippen LogP contribution in [0.3, 0.4) is 0 Å². The van der Waals surface area contributed by atoms with Crippen molar-refractivity contribution in [2.24, 2.45) is 11.8 Å². The topological polar surface area (TPSA) is 55.4 Å². The third-order valence-corrected chi connectivity index (χ3v) is 6.31. The molecule has 4 rings (SSSR count). The van der Waals surface area contributed by atoms with E-state index in [1.165, 1.54) is 11.1 Å². The SMILES string of the molecule is COCC1Cc2cc(OC)c3c(c2[C@H](c2ccc(C)c(OC)c2)C1COC)OCO3. The van der Waals surface area contributed by atoms with E-state index in [2.05, 4.69) is 31.2 Å². The smallest absolute Gasteiger partial charge is 0.231 e. The van der Waals surface area contributed by atoms with E-state index >= 15 is 0 Å². The second-order valence-electron chi connectivity index (χ2n) is 7.96. The Morgan fingerprint density at radius 1 is 0.900 bits per heavy atom. The zero-order valence-corrected chi connectivity index (χ0v) is 18.3. The van der Waals surface area contributed by atoms with Gasteiger partial charge < -0.3 is 28.4 Å². The van der Waals surface area contributed by atoms with E-state index in [0.29, 0.717) is 30.6 Å². The molecule has 2 aromatic rings. The normalized spacial score (nSPS) is 22.0. The molecule has 0 saturated carbocycles. The Balaban J connectivity index is 1.94. The van der Waals surface area contributed by atoms with E-state index in [-0.39, 0.29) is 18.6 Å². The molecule has 0 radical (unpaired) electrons. The average molecular weight is 414 g/mol. The first-order valence-electron chi connectivity index (χ1n) is 10.2. The molecule has 6 heteroatoms. The van der Waals surface area contributed by atoms with E-state index in [0.717, 1.165) is 29.0 Å². The maximum atomic E-state index is 5.99. The Morgan fingerprint density at radius 3 is 2.33 bits per heavy atom. The maximum Gasteiger partial charge on any atom is 0.231 e. The first-order chi connectivity index (χ1) is 14.6. The van der Waals surface area contributed by atoms with E-state index in [1.54, 1.807) is 28.4 Å². The summed E-state index contributed by atoms with van der Waals surface area (Å²) < 4.78 is 34.3. The molecule has 0 spiro atoms. The quantitative estimate of drug-likeness (QED) is 0.684. The fourth-order valence-electron chi connectivity index (χ4n) is 4.96. The molecule has 1 aliphatic heterocycles. The zero-order valence-electron chi connectivity index (χ0n) is 18.3. The van der Waals surface area contributed by atoms with Gasteiger partial charge in [0.15, 0.2) is 11.5 Å². The largest absolute Gasteiger partial charge is 0.496 e. The Kier molecular flexibility index (Phi) is 6.06. The number of fused-ring (bicyclic) bond motifs is 3. The molecule has 1 heterocycles. The monoisotopic (exact) mass is 414 g/mol. The summed E-state index contributed by atoms with van der Waals surface area (Å²) in [4.78, 5) is 0. The summed E-state index contributed by atoms with van der Waals surface area (Å²) in [7, 11) is 6.88. The van der Waals surface area contributed by atoms with Gasteiger partial charge in [0, 0.05) is 32.3 Å². The van der Waals surface area contributed by atoms with Crippen LogP contribution in [0.15, 0.2) is 24.3 Å². The van der Waals surface area contributed by atoms with Crippen LogP contribution in [0.25, 0.3) is 0 Å². The first kappa shape index (κ1) is 20.8. The molecule has 0 N–H and O–H groups in total. The lowest BCUT2D eigenvalue weighted by Crippen LogP contribution is -2.36. The van der Waals surface area contributed by atoms with Crippen molar-refractivity contribution in [2.75, 3.05) is 48.4 Å². The molecule has 30 heavy (non-hydrogen) atoms. The summed E-state index contributed by atoms with van der Waals surface area (Å²) >= 11 is 0. The van der Waals surface area contributed by atoms with Gasteiger partial charge in [-0.2, -0.15) is 0 Å². The minimum absolute atomic E-state index is 0.0599. The van der Waals surface area contributed by atoms with Crippen LogP contribution >= 0.6 is 0 Å². The fourth-order valence-corrected chi connectivity index (χ4v) is 4.96. The summed E-state index contributed by atoms with van der Waals surface area (Å²) in [5.74, 6) is 3.63. The van der Waals surface area contributed by atoms with Gasteiger partial charge in [0.1, 0.15) is 5.75 Å². The summed E-state index contributed by atoms with van der Waals surface area (Å²) in [5, 5.41) is 0. The lowest BCUT2D eigenvalue weighted by molar-refractivity contribution is 0.0559. The van der Waals surface area contributed by atoms with Crippen LogP contribution < -0.4 is 18.9 Å². The molecule has 2 aromatic carbocycles. The number of benzene rings is 2. The van der Waals surface area contributed by atoms with Gasteiger partial charge in [-0.15, -0.1) is 0 Å². The minimum atomic E-state index is 0.0599. The van der Waals surface area contributed by atoms with Gasteiger partial charge >= 0.3 is 0 Å². The molecule has 0 aromatic heterocycles. The predicted molar refractivity (Wildman–Crippen MR) is 113 cm³/mol. The highest BCUT2D eigenvalue weighted by atomic mass is 16.7. The average Bonchev–Trinajstić information content (AvgIpc) is 3.24. The highest BCUT2D eigenvalue weighted by Crippen LogP contribution is 2.55. The van der Waals surface area contributed by atoms with E-state index in [4.69, 9.17) is 28.4 Å². The van der Waals surface area contributed by atoms with Gasteiger partial charge in [0.25, 0.3) is 0 Å². The standard InChI is InChI=1S/C24H30O6/c1-14-6-7-15(9-19(14)27-4)21-18(12-26-3)17(11-25-2)8-16-10-20(28-5)23-24(22(16)21)30-13-29-23/h6-7,9-10,17-18,21H,8,11-13H2,1-5H3/t17?,18?,21-/m1/s1. The van der Waals surface area contributed by atoms with Crippen molar-refractivity contribution < 1.29 is 28.4 Å². The number of ether oxygens (including phenoxy) is 6. The van der Waals surface area contributed by atoms with Gasteiger partial charge in [-0.1, -0.05) is 12.1 Å². The molecular formula is C24H30O6. The van der Waals surface area contributed by atoms with E-state index in [1.807, 2.05) is 0 Å². The number of hydrogen-bond acceptors (Lipinski definition) is 6. The second-order valence-corrected chi connectivity index (χ2v) is 7.96. The molecule has 0 saturated heterocycles. The molecule has 3 atom stereocenters. The summed E-state index contributed by atoms with van der Waals surface area (Å²) in [6, 6.07) is 8.51. The van der Waals surface area contributed by atoms with Gasteiger partial charge in [-0.3, -0.25) is 0 Å². The number of aryl methyl sites for hydroxylation is 1. The Hall–Kier alpha value is -2.44. The molecular weight excluding hydrogens is 384 g/mol. The van der Waals surface area contributed by atoms with Gasteiger partial charge in [-0.25, -0.2) is 0 Å². The molecule has 162 valence electrons. The molecule has 2 unspecified atom stereocenters. The highest BCUT2D eigenvalue weighted by Gasteiger charge is 2.42. The van der Waals surface area contributed by atoms with Crippen LogP contribution in [-0.4, -0.2) is 48.4 Å². The van der Waals surface area contributed by atoms with Crippen molar-refractivity contribution in [3.8, 4) is 23.0 Å². The molecule has 0 amide bonds. The first-order valence-corrected chi connectivity index (χ1v) is 10.2. The number of methoxy groups -OCH3 is 4. The van der Waals surface area contributed by atoms with Gasteiger partial charge in [0.2, 0.25) is 12.5 Å². The van der Waals surface area contributed by atoms with Crippen molar-refractivity contribution in [2.45, 2.75) is 19.3 Å². The third kappa shape index (κ3) is 3.48. The van der Waals surface area contributed by atoms with Crippen LogP contribution in [0, 0.1) is 18.8 Å².